The average molecular weight is 385 g/mol. The number of halogens is 2. The maximum absolute atomic E-state index is 14.0. The Kier molecular flexibility index (Phi) is 4.77. The van der Waals surface area contributed by atoms with Gasteiger partial charge in [0.2, 0.25) is 0 Å². The third kappa shape index (κ3) is 3.58. The van der Waals surface area contributed by atoms with Crippen molar-refractivity contribution in [3.05, 3.63) is 75.8 Å². The van der Waals surface area contributed by atoms with Crippen molar-refractivity contribution in [1.82, 2.24) is 15.0 Å². The number of likely N-dealkylation sites (tertiary alicyclic amines) is 1. The summed E-state index contributed by atoms with van der Waals surface area (Å²) in [5.74, 6) is -1.50. The van der Waals surface area contributed by atoms with Crippen LogP contribution in [0, 0.1) is 11.6 Å². The molecule has 0 spiro atoms. The van der Waals surface area contributed by atoms with E-state index >= 15 is 0 Å². The first kappa shape index (κ1) is 18.1. The van der Waals surface area contributed by atoms with Crippen molar-refractivity contribution in [2.24, 2.45) is 0 Å². The Labute approximate surface area is 158 Å². The van der Waals surface area contributed by atoms with E-state index in [0.29, 0.717) is 17.7 Å². The van der Waals surface area contributed by atoms with Crippen molar-refractivity contribution >= 4 is 5.91 Å². The van der Waals surface area contributed by atoms with Crippen molar-refractivity contribution in [1.29, 1.82) is 0 Å². The molecule has 1 aliphatic heterocycles. The summed E-state index contributed by atoms with van der Waals surface area (Å²) >= 11 is 0. The molecule has 8 heteroatoms. The zero-order chi connectivity index (χ0) is 19.7. The van der Waals surface area contributed by atoms with E-state index in [2.05, 4.69) is 14.7 Å². The minimum atomic E-state index is -0.653. The average Bonchev–Trinajstić information content (AvgIpc) is 3.33. The fourth-order valence-corrected chi connectivity index (χ4v) is 3.56. The predicted octanol–water partition coefficient (Wildman–Crippen LogP) is 3.16. The maximum atomic E-state index is 14.0. The first-order valence-electron chi connectivity index (χ1n) is 8.92. The molecular weight excluding hydrogens is 368 g/mol. The van der Waals surface area contributed by atoms with Crippen LogP contribution >= 0.6 is 0 Å². The molecule has 1 amide bonds. The molecule has 2 aromatic carbocycles. The van der Waals surface area contributed by atoms with E-state index in [9.17, 15) is 18.4 Å². The standard InChI is InChI=1S/C20H17F2N3O3/c21-15-7-8-17(22)14(10-15)11-16-2-1-9-25(16)19(26)13-5-3-12(4-6-13)18-23-20(27)28-24-18/h3-8,10,16H,1-2,9,11H2,(H,23,24,27). The van der Waals surface area contributed by atoms with Crippen molar-refractivity contribution in [3.63, 3.8) is 0 Å². The quantitative estimate of drug-likeness (QED) is 0.748. The Hall–Kier alpha value is -3.29. The van der Waals surface area contributed by atoms with E-state index in [0.717, 1.165) is 25.0 Å². The molecule has 144 valence electrons. The zero-order valence-electron chi connectivity index (χ0n) is 14.8. The lowest BCUT2D eigenvalue weighted by Gasteiger charge is -2.25. The largest absolute Gasteiger partial charge is 0.439 e. The monoisotopic (exact) mass is 385 g/mol. The summed E-state index contributed by atoms with van der Waals surface area (Å²) < 4.78 is 31.9. The molecule has 3 aromatic rings. The molecule has 1 aromatic heterocycles. The number of carbonyl (C=O) groups excluding carboxylic acids is 1. The van der Waals surface area contributed by atoms with Crippen molar-refractivity contribution < 1.29 is 18.1 Å². The van der Waals surface area contributed by atoms with E-state index in [4.69, 9.17) is 0 Å². The molecule has 1 aliphatic rings. The van der Waals surface area contributed by atoms with Gasteiger partial charge in [0.25, 0.3) is 5.91 Å². The van der Waals surface area contributed by atoms with Gasteiger partial charge in [0.15, 0.2) is 5.82 Å². The van der Waals surface area contributed by atoms with Crippen LogP contribution in [-0.4, -0.2) is 33.5 Å². The summed E-state index contributed by atoms with van der Waals surface area (Å²) in [4.78, 5) is 28.1. The van der Waals surface area contributed by atoms with Crippen molar-refractivity contribution in [3.8, 4) is 11.4 Å². The number of hydrogen-bond acceptors (Lipinski definition) is 4. The van der Waals surface area contributed by atoms with Gasteiger partial charge in [0.1, 0.15) is 11.6 Å². The van der Waals surface area contributed by atoms with Crippen LogP contribution in [0.3, 0.4) is 0 Å². The Morgan fingerprint density at radius 3 is 2.71 bits per heavy atom. The van der Waals surface area contributed by atoms with Crippen molar-refractivity contribution in [2.45, 2.75) is 25.3 Å². The molecule has 0 bridgehead atoms. The molecule has 6 nitrogen and oxygen atoms in total. The Morgan fingerprint density at radius 2 is 2.00 bits per heavy atom. The molecule has 1 saturated heterocycles. The topological polar surface area (TPSA) is 79.2 Å². The zero-order valence-corrected chi connectivity index (χ0v) is 14.8. The van der Waals surface area contributed by atoms with Gasteiger partial charge in [0.05, 0.1) is 0 Å². The highest BCUT2D eigenvalue weighted by molar-refractivity contribution is 5.95. The van der Waals surface area contributed by atoms with Gasteiger partial charge in [-0.2, -0.15) is 0 Å². The van der Waals surface area contributed by atoms with Crippen LogP contribution in [0.25, 0.3) is 11.4 Å². The maximum Gasteiger partial charge on any atom is 0.439 e. The Balaban J connectivity index is 1.51. The van der Waals surface area contributed by atoms with Crippen LogP contribution in [0.2, 0.25) is 0 Å². The van der Waals surface area contributed by atoms with Gasteiger partial charge in [-0.25, -0.2) is 13.6 Å². The number of aromatic nitrogens is 2. The molecule has 1 atom stereocenters. The summed E-state index contributed by atoms with van der Waals surface area (Å²) in [7, 11) is 0. The third-order valence-corrected chi connectivity index (χ3v) is 4.95. The van der Waals surface area contributed by atoms with Gasteiger partial charge in [-0.3, -0.25) is 14.3 Å². The minimum Gasteiger partial charge on any atom is -0.335 e. The number of hydrogen-bond donors (Lipinski definition) is 1. The van der Waals surface area contributed by atoms with Gasteiger partial charge in [-0.1, -0.05) is 17.3 Å². The first-order valence-corrected chi connectivity index (χ1v) is 8.92. The number of aromatic amines is 1. The fourth-order valence-electron chi connectivity index (χ4n) is 3.56. The van der Waals surface area contributed by atoms with Crippen LogP contribution in [0.1, 0.15) is 28.8 Å². The van der Waals surface area contributed by atoms with Crippen LogP contribution in [0.15, 0.2) is 51.8 Å². The van der Waals surface area contributed by atoms with E-state index in [-0.39, 0.29) is 29.8 Å². The highest BCUT2D eigenvalue weighted by atomic mass is 19.1. The smallest absolute Gasteiger partial charge is 0.335 e. The van der Waals surface area contributed by atoms with Gasteiger partial charge in [-0.05, 0) is 55.2 Å². The second-order valence-corrected chi connectivity index (χ2v) is 6.76. The van der Waals surface area contributed by atoms with E-state index in [1.54, 1.807) is 29.2 Å². The molecule has 2 heterocycles. The SMILES string of the molecule is O=C(c1ccc(-c2noc(=O)[nH]2)cc1)N1CCCC1Cc1cc(F)ccc1F. The molecule has 1 N–H and O–H groups in total. The van der Waals surface area contributed by atoms with E-state index in [1.165, 1.54) is 6.07 Å². The van der Waals surface area contributed by atoms with E-state index in [1.807, 2.05) is 0 Å². The van der Waals surface area contributed by atoms with Gasteiger partial charge in [0, 0.05) is 23.7 Å². The van der Waals surface area contributed by atoms with Gasteiger partial charge in [-0.15, -0.1) is 0 Å². The molecular formula is C20H17F2N3O3. The van der Waals surface area contributed by atoms with Crippen LogP contribution in [-0.2, 0) is 6.42 Å². The number of benzene rings is 2. The molecule has 0 saturated carbocycles. The molecule has 1 unspecified atom stereocenters. The Morgan fingerprint density at radius 1 is 1.21 bits per heavy atom. The van der Waals surface area contributed by atoms with Crippen molar-refractivity contribution in [2.75, 3.05) is 6.54 Å². The molecule has 28 heavy (non-hydrogen) atoms. The first-order chi connectivity index (χ1) is 13.5. The minimum absolute atomic E-state index is 0.167. The molecule has 1 fully saturated rings. The predicted molar refractivity (Wildman–Crippen MR) is 96.7 cm³/mol. The molecule has 0 aliphatic carbocycles. The summed E-state index contributed by atoms with van der Waals surface area (Å²) in [5.41, 5.74) is 1.36. The lowest BCUT2D eigenvalue weighted by Crippen LogP contribution is -2.37. The third-order valence-electron chi connectivity index (χ3n) is 4.95. The fraction of sp³-hybridized carbons (Fsp3) is 0.250. The number of carbonyl (C=O) groups is 1. The summed E-state index contributed by atoms with van der Waals surface area (Å²) in [6.45, 7) is 0.568. The highest BCUT2D eigenvalue weighted by Crippen LogP contribution is 2.25. The van der Waals surface area contributed by atoms with Crippen LogP contribution in [0.5, 0.6) is 0 Å². The van der Waals surface area contributed by atoms with E-state index < -0.39 is 17.4 Å². The van der Waals surface area contributed by atoms with Gasteiger partial charge >= 0.3 is 5.76 Å². The second-order valence-electron chi connectivity index (χ2n) is 6.76. The lowest BCUT2D eigenvalue weighted by atomic mass is 10.0. The number of amides is 1. The second kappa shape index (κ2) is 7.38. The summed E-state index contributed by atoms with van der Waals surface area (Å²) in [6, 6.07) is 9.81. The summed E-state index contributed by atoms with van der Waals surface area (Å²) in [6.07, 6.45) is 1.82. The van der Waals surface area contributed by atoms with Crippen LogP contribution in [0.4, 0.5) is 8.78 Å². The number of nitrogens with zero attached hydrogens (tertiary/aromatic N) is 2. The summed E-state index contributed by atoms with van der Waals surface area (Å²) in [5, 5.41) is 3.61. The lowest BCUT2D eigenvalue weighted by molar-refractivity contribution is 0.0736. The number of H-pyrrole nitrogens is 1. The highest BCUT2D eigenvalue weighted by Gasteiger charge is 2.30. The number of nitrogens with one attached hydrogen (secondary N) is 1. The van der Waals surface area contributed by atoms with Crippen LogP contribution < -0.4 is 5.76 Å². The normalized spacial score (nSPS) is 16.5. The number of rotatable bonds is 4. The Bertz CT molecular complexity index is 1060. The van der Waals surface area contributed by atoms with Gasteiger partial charge < -0.3 is 4.90 Å². The molecule has 0 radical (unpaired) electrons. The molecule has 4 rings (SSSR count).